The molecule has 1 aliphatic heterocycles. The van der Waals surface area contributed by atoms with E-state index in [2.05, 4.69) is 23.2 Å². The van der Waals surface area contributed by atoms with Crippen molar-refractivity contribution in [3.8, 4) is 0 Å². The third-order valence-electron chi connectivity index (χ3n) is 4.60. The van der Waals surface area contributed by atoms with Crippen LogP contribution in [0.5, 0.6) is 0 Å². The summed E-state index contributed by atoms with van der Waals surface area (Å²) >= 11 is 24.9. The van der Waals surface area contributed by atoms with Gasteiger partial charge in [-0.2, -0.15) is 0 Å². The minimum atomic E-state index is -0.0764. The molecule has 0 saturated heterocycles. The Bertz CT molecular complexity index is 1080. The normalized spacial score (nSPS) is 16.2. The van der Waals surface area contributed by atoms with Crippen molar-refractivity contribution in [1.82, 2.24) is 5.01 Å². The van der Waals surface area contributed by atoms with Crippen LogP contribution in [0.3, 0.4) is 0 Å². The SMILES string of the molecule is Clc1ccc(C=CN2C=CC(c3ccc(Cl)cc3Cl)N2c2ccccc2)c(Cl)c1. The molecule has 6 heteroatoms. The first kappa shape index (κ1) is 20.2. The lowest BCUT2D eigenvalue weighted by molar-refractivity contribution is 0.465. The molecule has 2 nitrogen and oxygen atoms in total. The number of hydrogen-bond donors (Lipinski definition) is 0. The van der Waals surface area contributed by atoms with Crippen LogP contribution in [-0.4, -0.2) is 5.01 Å². The van der Waals surface area contributed by atoms with E-state index in [1.807, 2.05) is 65.9 Å². The van der Waals surface area contributed by atoms with E-state index in [0.717, 1.165) is 16.8 Å². The highest BCUT2D eigenvalue weighted by Crippen LogP contribution is 2.38. The molecule has 1 aliphatic rings. The number of halogens is 4. The fraction of sp³-hybridized carbons (Fsp3) is 0.0435. The fourth-order valence-corrected chi connectivity index (χ4v) is 4.22. The van der Waals surface area contributed by atoms with E-state index in [1.165, 1.54) is 0 Å². The molecular weight excluding hydrogens is 446 g/mol. The molecule has 0 amide bonds. The summed E-state index contributed by atoms with van der Waals surface area (Å²) in [6.45, 7) is 0. The molecular formula is C23H16Cl4N2. The summed E-state index contributed by atoms with van der Waals surface area (Å²) in [7, 11) is 0. The number of para-hydroxylation sites is 1. The maximum atomic E-state index is 6.51. The average molecular weight is 462 g/mol. The summed E-state index contributed by atoms with van der Waals surface area (Å²) in [5.74, 6) is 0. The highest BCUT2D eigenvalue weighted by Gasteiger charge is 2.28. The fourth-order valence-electron chi connectivity index (χ4n) is 3.23. The van der Waals surface area contributed by atoms with Gasteiger partial charge in [0.15, 0.2) is 0 Å². The molecule has 1 atom stereocenters. The highest BCUT2D eigenvalue weighted by molar-refractivity contribution is 6.35. The van der Waals surface area contributed by atoms with Crippen LogP contribution in [-0.2, 0) is 0 Å². The first-order valence-electron chi connectivity index (χ1n) is 8.92. The quantitative estimate of drug-likeness (QED) is 0.385. The molecule has 0 aliphatic carbocycles. The van der Waals surface area contributed by atoms with Gasteiger partial charge in [0.05, 0.1) is 11.7 Å². The predicted octanol–water partition coefficient (Wildman–Crippen LogP) is 8.26. The summed E-state index contributed by atoms with van der Waals surface area (Å²) in [6.07, 6.45) is 8.01. The summed E-state index contributed by atoms with van der Waals surface area (Å²) in [5, 5.41) is 6.60. The topological polar surface area (TPSA) is 6.48 Å². The van der Waals surface area contributed by atoms with Gasteiger partial charge in [-0.05, 0) is 59.7 Å². The van der Waals surface area contributed by atoms with Crippen LogP contribution in [0.1, 0.15) is 17.2 Å². The van der Waals surface area contributed by atoms with E-state index >= 15 is 0 Å². The van der Waals surface area contributed by atoms with Crippen LogP contribution in [0, 0.1) is 0 Å². The number of rotatable bonds is 4. The van der Waals surface area contributed by atoms with Crippen LogP contribution in [0.15, 0.2) is 85.2 Å². The van der Waals surface area contributed by atoms with Crippen LogP contribution < -0.4 is 5.01 Å². The molecule has 146 valence electrons. The zero-order valence-corrected chi connectivity index (χ0v) is 18.2. The zero-order valence-electron chi connectivity index (χ0n) is 15.1. The summed E-state index contributed by atoms with van der Waals surface area (Å²) in [6, 6.07) is 21.1. The van der Waals surface area contributed by atoms with Gasteiger partial charge in [0.2, 0.25) is 0 Å². The van der Waals surface area contributed by atoms with E-state index in [4.69, 9.17) is 46.4 Å². The molecule has 0 saturated carbocycles. The van der Waals surface area contributed by atoms with Crippen molar-refractivity contribution >= 4 is 58.2 Å². The van der Waals surface area contributed by atoms with Crippen molar-refractivity contribution < 1.29 is 0 Å². The minimum absolute atomic E-state index is 0.0764. The Morgan fingerprint density at radius 1 is 0.759 bits per heavy atom. The third kappa shape index (κ3) is 4.41. The van der Waals surface area contributed by atoms with Gasteiger partial charge in [0, 0.05) is 32.5 Å². The van der Waals surface area contributed by atoms with E-state index in [0.29, 0.717) is 20.1 Å². The summed E-state index contributed by atoms with van der Waals surface area (Å²) < 4.78 is 0. The van der Waals surface area contributed by atoms with Crippen molar-refractivity contribution in [3.05, 3.63) is 116 Å². The molecule has 0 bridgehead atoms. The molecule has 0 fully saturated rings. The third-order valence-corrected chi connectivity index (χ3v) is 5.73. The second-order valence-electron chi connectivity index (χ2n) is 6.49. The van der Waals surface area contributed by atoms with Crippen LogP contribution in [0.25, 0.3) is 6.08 Å². The van der Waals surface area contributed by atoms with Crippen molar-refractivity contribution in [1.29, 1.82) is 0 Å². The van der Waals surface area contributed by atoms with Gasteiger partial charge >= 0.3 is 0 Å². The predicted molar refractivity (Wildman–Crippen MR) is 125 cm³/mol. The maximum absolute atomic E-state index is 6.51. The second kappa shape index (κ2) is 8.73. The Kier molecular flexibility index (Phi) is 6.07. The Labute approximate surface area is 190 Å². The van der Waals surface area contributed by atoms with E-state index in [1.54, 1.807) is 12.1 Å². The molecule has 0 radical (unpaired) electrons. The number of anilines is 1. The lowest BCUT2D eigenvalue weighted by atomic mass is 10.1. The monoisotopic (exact) mass is 460 g/mol. The number of hydrogen-bond acceptors (Lipinski definition) is 2. The van der Waals surface area contributed by atoms with E-state index in [-0.39, 0.29) is 6.04 Å². The van der Waals surface area contributed by atoms with E-state index in [9.17, 15) is 0 Å². The molecule has 0 aromatic heterocycles. The van der Waals surface area contributed by atoms with Gasteiger partial charge in [-0.1, -0.05) is 76.7 Å². The van der Waals surface area contributed by atoms with Gasteiger partial charge in [-0.3, -0.25) is 10.0 Å². The number of hydrazine groups is 1. The van der Waals surface area contributed by atoms with Gasteiger partial charge in [0.1, 0.15) is 0 Å². The lowest BCUT2D eigenvalue weighted by Crippen LogP contribution is -2.33. The zero-order chi connectivity index (χ0) is 20.4. The highest BCUT2D eigenvalue weighted by atomic mass is 35.5. The van der Waals surface area contributed by atoms with E-state index < -0.39 is 0 Å². The molecule has 3 aromatic rings. The average Bonchev–Trinajstić information content (AvgIpc) is 3.11. The first-order valence-corrected chi connectivity index (χ1v) is 10.4. The van der Waals surface area contributed by atoms with Gasteiger partial charge in [-0.25, -0.2) is 0 Å². The Hall–Kier alpha value is -2.10. The van der Waals surface area contributed by atoms with Gasteiger partial charge < -0.3 is 0 Å². The lowest BCUT2D eigenvalue weighted by Gasteiger charge is -2.34. The molecule has 0 spiro atoms. The first-order chi connectivity index (χ1) is 14.0. The Balaban J connectivity index is 1.70. The number of nitrogens with zero attached hydrogens (tertiary/aromatic N) is 2. The van der Waals surface area contributed by atoms with Crippen LogP contribution in [0.4, 0.5) is 5.69 Å². The van der Waals surface area contributed by atoms with Crippen molar-refractivity contribution in [2.45, 2.75) is 6.04 Å². The molecule has 1 unspecified atom stereocenters. The van der Waals surface area contributed by atoms with Crippen LogP contribution >= 0.6 is 46.4 Å². The van der Waals surface area contributed by atoms with Gasteiger partial charge in [-0.15, -0.1) is 0 Å². The van der Waals surface area contributed by atoms with Crippen LogP contribution in [0.2, 0.25) is 20.1 Å². The molecule has 1 heterocycles. The summed E-state index contributed by atoms with van der Waals surface area (Å²) in [5.41, 5.74) is 2.88. The standard InChI is InChI=1S/C23H16Cl4N2/c24-17-7-6-16(21(26)14-17)10-12-28-13-11-23(20-9-8-18(25)15-22(20)27)29(28)19-4-2-1-3-5-19/h1-15,23H. The molecule has 29 heavy (non-hydrogen) atoms. The largest absolute Gasteiger partial charge is 0.270 e. The van der Waals surface area contributed by atoms with Gasteiger partial charge in [0.25, 0.3) is 0 Å². The molecule has 0 N–H and O–H groups in total. The molecule has 3 aromatic carbocycles. The Morgan fingerprint density at radius 2 is 1.45 bits per heavy atom. The van der Waals surface area contributed by atoms with Crippen molar-refractivity contribution in [2.75, 3.05) is 5.01 Å². The number of benzene rings is 3. The maximum Gasteiger partial charge on any atom is 0.0972 e. The molecule has 4 rings (SSSR count). The van der Waals surface area contributed by atoms with Crippen molar-refractivity contribution in [3.63, 3.8) is 0 Å². The van der Waals surface area contributed by atoms with Crippen molar-refractivity contribution in [2.24, 2.45) is 0 Å². The second-order valence-corrected chi connectivity index (χ2v) is 8.18. The summed E-state index contributed by atoms with van der Waals surface area (Å²) in [4.78, 5) is 0. The minimum Gasteiger partial charge on any atom is -0.270 e. The smallest absolute Gasteiger partial charge is 0.0972 e. The Morgan fingerprint density at radius 3 is 2.14 bits per heavy atom.